The SMILES string of the molecule is C=C(C)C(=O)OCC1(CCl)COC1. The molecule has 0 saturated carbocycles. The molecule has 1 aliphatic rings. The van der Waals surface area contributed by atoms with Gasteiger partial charge in [0.05, 0.1) is 18.6 Å². The Kier molecular flexibility index (Phi) is 3.33. The van der Waals surface area contributed by atoms with Crippen LogP contribution in [0.4, 0.5) is 0 Å². The Hall–Kier alpha value is -0.540. The summed E-state index contributed by atoms with van der Waals surface area (Å²) in [5.41, 5.74) is 0.247. The summed E-state index contributed by atoms with van der Waals surface area (Å²) in [6.45, 7) is 6.57. The predicted molar refractivity (Wildman–Crippen MR) is 49.7 cm³/mol. The molecule has 0 aromatic rings. The van der Waals surface area contributed by atoms with Crippen LogP contribution in [0.1, 0.15) is 6.92 Å². The molecule has 0 aromatic carbocycles. The van der Waals surface area contributed by atoms with E-state index in [-0.39, 0.29) is 11.4 Å². The van der Waals surface area contributed by atoms with Gasteiger partial charge in [-0.05, 0) is 6.92 Å². The van der Waals surface area contributed by atoms with Crippen molar-refractivity contribution in [2.24, 2.45) is 5.41 Å². The highest BCUT2D eigenvalue weighted by Crippen LogP contribution is 2.29. The molecular formula is C9H13ClO3. The summed E-state index contributed by atoms with van der Waals surface area (Å²) in [7, 11) is 0. The molecule has 0 radical (unpaired) electrons. The van der Waals surface area contributed by atoms with Crippen molar-refractivity contribution in [3.63, 3.8) is 0 Å². The molecule has 74 valence electrons. The highest BCUT2D eigenvalue weighted by molar-refractivity contribution is 6.18. The quantitative estimate of drug-likeness (QED) is 0.394. The molecule has 0 amide bonds. The number of hydrogen-bond donors (Lipinski definition) is 0. The zero-order chi connectivity index (χ0) is 9.90. The van der Waals surface area contributed by atoms with Crippen LogP contribution in [0.5, 0.6) is 0 Å². The summed E-state index contributed by atoms with van der Waals surface area (Å²) in [6.07, 6.45) is 0. The van der Waals surface area contributed by atoms with Gasteiger partial charge < -0.3 is 9.47 Å². The fourth-order valence-electron chi connectivity index (χ4n) is 0.932. The Labute approximate surface area is 82.7 Å². The van der Waals surface area contributed by atoms with Crippen LogP contribution in [0, 0.1) is 5.41 Å². The monoisotopic (exact) mass is 204 g/mol. The summed E-state index contributed by atoms with van der Waals surface area (Å²) >= 11 is 5.73. The second-order valence-corrected chi connectivity index (χ2v) is 3.75. The zero-order valence-corrected chi connectivity index (χ0v) is 8.39. The number of rotatable bonds is 4. The lowest BCUT2D eigenvalue weighted by Crippen LogP contribution is -2.48. The smallest absolute Gasteiger partial charge is 0.333 e. The standard InChI is InChI=1S/C9H13ClO3/c1-7(2)8(11)13-6-9(3-10)4-12-5-9/h1,3-6H2,2H3. The molecule has 1 heterocycles. The Morgan fingerprint density at radius 2 is 2.31 bits per heavy atom. The molecule has 1 rings (SSSR count). The summed E-state index contributed by atoms with van der Waals surface area (Å²) in [6, 6.07) is 0. The van der Waals surface area contributed by atoms with E-state index in [0.29, 0.717) is 31.3 Å². The van der Waals surface area contributed by atoms with Gasteiger partial charge in [0.25, 0.3) is 0 Å². The van der Waals surface area contributed by atoms with Gasteiger partial charge in [0.2, 0.25) is 0 Å². The van der Waals surface area contributed by atoms with Crippen molar-refractivity contribution in [1.82, 2.24) is 0 Å². The number of halogens is 1. The first-order chi connectivity index (χ1) is 6.09. The maximum atomic E-state index is 11.0. The van der Waals surface area contributed by atoms with E-state index in [9.17, 15) is 4.79 Å². The average molecular weight is 205 g/mol. The second-order valence-electron chi connectivity index (χ2n) is 3.48. The summed E-state index contributed by atoms with van der Waals surface area (Å²) in [5.74, 6) is 0.0904. The van der Waals surface area contributed by atoms with Crippen molar-refractivity contribution in [3.05, 3.63) is 12.2 Å². The molecule has 0 aromatic heterocycles. The van der Waals surface area contributed by atoms with Crippen molar-refractivity contribution in [3.8, 4) is 0 Å². The van der Waals surface area contributed by atoms with E-state index >= 15 is 0 Å². The van der Waals surface area contributed by atoms with Gasteiger partial charge in [-0.3, -0.25) is 0 Å². The van der Waals surface area contributed by atoms with Crippen LogP contribution in [0.2, 0.25) is 0 Å². The van der Waals surface area contributed by atoms with Crippen LogP contribution < -0.4 is 0 Å². The molecule has 0 atom stereocenters. The van der Waals surface area contributed by atoms with E-state index in [1.54, 1.807) is 6.92 Å². The van der Waals surface area contributed by atoms with Crippen molar-refractivity contribution in [1.29, 1.82) is 0 Å². The fourth-order valence-corrected chi connectivity index (χ4v) is 1.16. The first-order valence-corrected chi connectivity index (χ1v) is 4.59. The lowest BCUT2D eigenvalue weighted by Gasteiger charge is -2.38. The van der Waals surface area contributed by atoms with Crippen molar-refractivity contribution in [2.45, 2.75) is 6.92 Å². The molecule has 0 bridgehead atoms. The van der Waals surface area contributed by atoms with Gasteiger partial charge in [0, 0.05) is 11.5 Å². The molecule has 0 N–H and O–H groups in total. The Morgan fingerprint density at radius 1 is 1.69 bits per heavy atom. The Balaban J connectivity index is 2.32. The van der Waals surface area contributed by atoms with Gasteiger partial charge in [0.15, 0.2) is 0 Å². The molecule has 1 aliphatic heterocycles. The number of esters is 1. The fraction of sp³-hybridized carbons (Fsp3) is 0.667. The van der Waals surface area contributed by atoms with E-state index in [0.717, 1.165) is 0 Å². The number of ether oxygens (including phenoxy) is 2. The summed E-state index contributed by atoms with van der Waals surface area (Å²) in [4.78, 5) is 11.0. The summed E-state index contributed by atoms with van der Waals surface area (Å²) in [5, 5.41) is 0. The van der Waals surface area contributed by atoms with Crippen LogP contribution in [0.15, 0.2) is 12.2 Å². The minimum absolute atomic E-state index is 0.160. The third-order valence-electron chi connectivity index (χ3n) is 1.96. The number of hydrogen-bond acceptors (Lipinski definition) is 3. The van der Waals surface area contributed by atoms with E-state index in [1.165, 1.54) is 0 Å². The second kappa shape index (κ2) is 4.11. The third kappa shape index (κ3) is 2.45. The topological polar surface area (TPSA) is 35.5 Å². The first-order valence-electron chi connectivity index (χ1n) is 4.06. The minimum Gasteiger partial charge on any atom is -0.462 e. The molecule has 1 fully saturated rings. The highest BCUT2D eigenvalue weighted by Gasteiger charge is 2.39. The summed E-state index contributed by atoms with van der Waals surface area (Å²) < 4.78 is 10.0. The van der Waals surface area contributed by atoms with Gasteiger partial charge in [-0.2, -0.15) is 0 Å². The van der Waals surface area contributed by atoms with E-state index < -0.39 is 0 Å². The Bertz CT molecular complexity index is 215. The maximum absolute atomic E-state index is 11.0. The molecular weight excluding hydrogens is 192 g/mol. The number of alkyl halides is 1. The van der Waals surface area contributed by atoms with Gasteiger partial charge >= 0.3 is 5.97 Å². The lowest BCUT2D eigenvalue weighted by molar-refractivity contribution is -0.160. The largest absolute Gasteiger partial charge is 0.462 e. The predicted octanol–water partition coefficient (Wildman–Crippen LogP) is 1.36. The third-order valence-corrected chi connectivity index (χ3v) is 2.52. The van der Waals surface area contributed by atoms with E-state index in [4.69, 9.17) is 21.1 Å². The van der Waals surface area contributed by atoms with Gasteiger partial charge in [-0.25, -0.2) is 4.79 Å². The molecule has 0 aliphatic carbocycles. The molecule has 0 spiro atoms. The lowest BCUT2D eigenvalue weighted by atomic mass is 9.90. The van der Waals surface area contributed by atoms with Crippen molar-refractivity contribution in [2.75, 3.05) is 25.7 Å². The molecule has 0 unspecified atom stereocenters. The highest BCUT2D eigenvalue weighted by atomic mass is 35.5. The molecule has 4 heteroatoms. The maximum Gasteiger partial charge on any atom is 0.333 e. The molecule has 13 heavy (non-hydrogen) atoms. The van der Waals surface area contributed by atoms with Gasteiger partial charge in [-0.15, -0.1) is 11.6 Å². The average Bonchev–Trinajstić information content (AvgIpc) is 2.02. The zero-order valence-electron chi connectivity index (χ0n) is 7.64. The number of carbonyl (C=O) groups is 1. The van der Waals surface area contributed by atoms with Crippen LogP contribution in [-0.2, 0) is 14.3 Å². The minimum atomic E-state index is -0.364. The number of carbonyl (C=O) groups excluding carboxylic acids is 1. The Morgan fingerprint density at radius 3 is 2.62 bits per heavy atom. The van der Waals surface area contributed by atoms with Crippen LogP contribution >= 0.6 is 11.6 Å². The van der Waals surface area contributed by atoms with Gasteiger partial charge in [-0.1, -0.05) is 6.58 Å². The van der Waals surface area contributed by atoms with E-state index in [2.05, 4.69) is 6.58 Å². The molecule has 3 nitrogen and oxygen atoms in total. The van der Waals surface area contributed by atoms with E-state index in [1.807, 2.05) is 0 Å². The van der Waals surface area contributed by atoms with Crippen molar-refractivity contribution >= 4 is 17.6 Å². The van der Waals surface area contributed by atoms with Gasteiger partial charge in [0.1, 0.15) is 6.61 Å². The van der Waals surface area contributed by atoms with Crippen LogP contribution in [0.3, 0.4) is 0 Å². The van der Waals surface area contributed by atoms with Crippen molar-refractivity contribution < 1.29 is 14.3 Å². The first kappa shape index (κ1) is 10.5. The van der Waals surface area contributed by atoms with Crippen LogP contribution in [-0.4, -0.2) is 31.7 Å². The molecule has 1 saturated heterocycles. The van der Waals surface area contributed by atoms with Crippen LogP contribution in [0.25, 0.3) is 0 Å². The normalized spacial score (nSPS) is 18.9.